The van der Waals surface area contributed by atoms with Crippen molar-refractivity contribution in [2.45, 2.75) is 6.10 Å². The van der Waals surface area contributed by atoms with Crippen LogP contribution in [0.4, 0.5) is 11.4 Å². The molecule has 0 amide bonds. The number of aliphatic hydroxyl groups excluding tert-OH is 1. The van der Waals surface area contributed by atoms with Gasteiger partial charge in [-0.15, -0.1) is 0 Å². The molecule has 1 atom stereocenters. The van der Waals surface area contributed by atoms with Crippen molar-refractivity contribution in [2.75, 3.05) is 6.61 Å². The topological polar surface area (TPSA) is 116 Å². The van der Waals surface area contributed by atoms with Crippen molar-refractivity contribution >= 4 is 23.0 Å². The highest BCUT2D eigenvalue weighted by molar-refractivity contribution is 6.30. The SMILES string of the molecule is O=[N+]([O-])c1cccc(C(O)COc2ccc(Cl)cc2[N+](=O)[O-])c1. The molecule has 2 rings (SSSR count). The molecule has 2 aromatic carbocycles. The van der Waals surface area contributed by atoms with Crippen LogP contribution in [0.2, 0.25) is 5.02 Å². The monoisotopic (exact) mass is 338 g/mol. The van der Waals surface area contributed by atoms with Crippen LogP contribution in [0.25, 0.3) is 0 Å². The van der Waals surface area contributed by atoms with E-state index in [1.807, 2.05) is 0 Å². The van der Waals surface area contributed by atoms with Crippen LogP contribution in [0, 0.1) is 20.2 Å². The van der Waals surface area contributed by atoms with Gasteiger partial charge in [-0.3, -0.25) is 20.2 Å². The summed E-state index contributed by atoms with van der Waals surface area (Å²) < 4.78 is 5.25. The van der Waals surface area contributed by atoms with E-state index in [9.17, 15) is 25.3 Å². The second-order valence-corrected chi connectivity index (χ2v) is 4.98. The lowest BCUT2D eigenvalue weighted by molar-refractivity contribution is -0.386. The molecule has 120 valence electrons. The third kappa shape index (κ3) is 4.15. The number of hydrogen-bond acceptors (Lipinski definition) is 6. The molecule has 23 heavy (non-hydrogen) atoms. The van der Waals surface area contributed by atoms with E-state index in [0.717, 1.165) is 6.07 Å². The average Bonchev–Trinajstić information content (AvgIpc) is 2.53. The number of benzene rings is 2. The van der Waals surface area contributed by atoms with Crippen molar-refractivity contribution in [1.29, 1.82) is 0 Å². The van der Waals surface area contributed by atoms with E-state index in [-0.39, 0.29) is 34.3 Å². The molecule has 0 bridgehead atoms. The molecule has 8 nitrogen and oxygen atoms in total. The Morgan fingerprint density at radius 3 is 2.52 bits per heavy atom. The molecule has 0 aliphatic heterocycles. The third-order valence-corrected chi connectivity index (χ3v) is 3.22. The van der Waals surface area contributed by atoms with Crippen LogP contribution >= 0.6 is 11.6 Å². The maximum atomic E-state index is 10.9. The van der Waals surface area contributed by atoms with E-state index < -0.39 is 16.0 Å². The average molecular weight is 339 g/mol. The van der Waals surface area contributed by atoms with Gasteiger partial charge in [-0.25, -0.2) is 0 Å². The lowest BCUT2D eigenvalue weighted by Gasteiger charge is -2.12. The first kappa shape index (κ1) is 16.7. The second kappa shape index (κ2) is 7.03. The Morgan fingerprint density at radius 2 is 1.87 bits per heavy atom. The number of nitrogens with zero attached hydrogens (tertiary/aromatic N) is 2. The van der Waals surface area contributed by atoms with Crippen molar-refractivity contribution in [3.05, 3.63) is 73.3 Å². The summed E-state index contributed by atoms with van der Waals surface area (Å²) in [6.45, 7) is -0.302. The largest absolute Gasteiger partial charge is 0.484 e. The Hall–Kier alpha value is -2.71. The van der Waals surface area contributed by atoms with Crippen LogP contribution in [0.3, 0.4) is 0 Å². The zero-order valence-electron chi connectivity index (χ0n) is 11.6. The highest BCUT2D eigenvalue weighted by atomic mass is 35.5. The van der Waals surface area contributed by atoms with Gasteiger partial charge >= 0.3 is 5.69 Å². The highest BCUT2D eigenvalue weighted by Gasteiger charge is 2.18. The zero-order chi connectivity index (χ0) is 17.0. The smallest absolute Gasteiger partial charge is 0.312 e. The summed E-state index contributed by atoms with van der Waals surface area (Å²) in [7, 11) is 0. The number of halogens is 1. The van der Waals surface area contributed by atoms with Crippen LogP contribution in [0.1, 0.15) is 11.7 Å². The molecule has 0 fully saturated rings. The summed E-state index contributed by atoms with van der Waals surface area (Å²) in [5.41, 5.74) is -0.224. The lowest BCUT2D eigenvalue weighted by atomic mass is 10.1. The number of aliphatic hydroxyl groups is 1. The van der Waals surface area contributed by atoms with E-state index >= 15 is 0 Å². The van der Waals surface area contributed by atoms with Gasteiger partial charge in [-0.1, -0.05) is 23.7 Å². The molecule has 2 aromatic rings. The van der Waals surface area contributed by atoms with Crippen LogP contribution in [0.5, 0.6) is 5.75 Å². The summed E-state index contributed by atoms with van der Waals surface area (Å²) in [6, 6.07) is 9.31. The fourth-order valence-electron chi connectivity index (χ4n) is 1.87. The molecule has 9 heteroatoms. The first-order valence-corrected chi connectivity index (χ1v) is 6.75. The quantitative estimate of drug-likeness (QED) is 0.638. The third-order valence-electron chi connectivity index (χ3n) is 2.98. The molecule has 0 aliphatic rings. The van der Waals surface area contributed by atoms with E-state index in [1.165, 1.54) is 36.4 Å². The van der Waals surface area contributed by atoms with Gasteiger partial charge in [0.15, 0.2) is 5.75 Å². The maximum absolute atomic E-state index is 10.9. The van der Waals surface area contributed by atoms with E-state index in [4.69, 9.17) is 16.3 Å². The van der Waals surface area contributed by atoms with E-state index in [2.05, 4.69) is 0 Å². The summed E-state index contributed by atoms with van der Waals surface area (Å²) in [4.78, 5) is 20.4. The van der Waals surface area contributed by atoms with Gasteiger partial charge in [-0.2, -0.15) is 0 Å². The van der Waals surface area contributed by atoms with Gasteiger partial charge in [0.25, 0.3) is 5.69 Å². The molecule has 0 radical (unpaired) electrons. The summed E-state index contributed by atoms with van der Waals surface area (Å²) in [5.74, 6) is -0.0520. The van der Waals surface area contributed by atoms with E-state index in [1.54, 1.807) is 0 Å². The van der Waals surface area contributed by atoms with Crippen LogP contribution < -0.4 is 4.74 Å². The molecule has 1 unspecified atom stereocenters. The predicted molar refractivity (Wildman–Crippen MR) is 81.7 cm³/mol. The minimum atomic E-state index is -1.18. The number of rotatable bonds is 6. The number of nitro groups is 2. The van der Waals surface area contributed by atoms with E-state index in [0.29, 0.717) is 0 Å². The predicted octanol–water partition coefficient (Wildman–Crippen LogP) is 3.27. The number of hydrogen-bond donors (Lipinski definition) is 1. The number of ether oxygens (including phenoxy) is 1. The van der Waals surface area contributed by atoms with Crippen LogP contribution in [-0.4, -0.2) is 21.6 Å². The van der Waals surface area contributed by atoms with Crippen molar-refractivity contribution < 1.29 is 19.7 Å². The fourth-order valence-corrected chi connectivity index (χ4v) is 2.03. The minimum absolute atomic E-state index is 0.0520. The Labute approximate surface area is 135 Å². The molecule has 1 N–H and O–H groups in total. The molecular weight excluding hydrogens is 328 g/mol. The lowest BCUT2D eigenvalue weighted by Crippen LogP contribution is -2.10. The summed E-state index contributed by atoms with van der Waals surface area (Å²) in [6.07, 6.45) is -1.18. The van der Waals surface area contributed by atoms with Gasteiger partial charge in [-0.05, 0) is 17.7 Å². The maximum Gasteiger partial charge on any atom is 0.312 e. The molecule has 0 aromatic heterocycles. The zero-order valence-corrected chi connectivity index (χ0v) is 12.3. The minimum Gasteiger partial charge on any atom is -0.484 e. The van der Waals surface area contributed by atoms with Crippen LogP contribution in [0.15, 0.2) is 42.5 Å². The molecule has 0 saturated heterocycles. The normalized spacial score (nSPS) is 11.7. The molecule has 0 spiro atoms. The Balaban J connectivity index is 2.13. The number of nitro benzene ring substituents is 2. The van der Waals surface area contributed by atoms with Gasteiger partial charge in [0.05, 0.1) is 9.85 Å². The highest BCUT2D eigenvalue weighted by Crippen LogP contribution is 2.31. The molecule has 0 saturated carbocycles. The Bertz CT molecular complexity index is 752. The van der Waals surface area contributed by atoms with Crippen molar-refractivity contribution in [3.8, 4) is 5.75 Å². The summed E-state index contributed by atoms with van der Waals surface area (Å²) >= 11 is 5.69. The number of non-ortho nitro benzene ring substituents is 1. The second-order valence-electron chi connectivity index (χ2n) is 4.55. The molecular formula is C14H11ClN2O6. The Morgan fingerprint density at radius 1 is 1.13 bits per heavy atom. The summed E-state index contributed by atoms with van der Waals surface area (Å²) in [5, 5.41) is 31.9. The van der Waals surface area contributed by atoms with Crippen molar-refractivity contribution in [1.82, 2.24) is 0 Å². The van der Waals surface area contributed by atoms with Gasteiger partial charge in [0.1, 0.15) is 12.7 Å². The molecule has 0 aliphatic carbocycles. The first-order valence-electron chi connectivity index (χ1n) is 6.37. The standard InChI is InChI=1S/C14H11ClN2O6/c15-10-4-5-14(12(7-10)17(21)22)23-8-13(18)9-2-1-3-11(6-9)16(19)20/h1-7,13,18H,8H2. The Kier molecular flexibility index (Phi) is 5.09. The van der Waals surface area contributed by atoms with Crippen molar-refractivity contribution in [3.63, 3.8) is 0 Å². The van der Waals surface area contributed by atoms with Gasteiger partial charge < -0.3 is 9.84 Å². The van der Waals surface area contributed by atoms with Gasteiger partial charge in [0.2, 0.25) is 0 Å². The first-order chi connectivity index (χ1) is 10.9. The van der Waals surface area contributed by atoms with Crippen LogP contribution in [-0.2, 0) is 0 Å². The molecule has 0 heterocycles. The van der Waals surface area contributed by atoms with Crippen molar-refractivity contribution in [2.24, 2.45) is 0 Å². The van der Waals surface area contributed by atoms with Gasteiger partial charge in [0, 0.05) is 23.2 Å². The fraction of sp³-hybridized carbons (Fsp3) is 0.143.